The lowest BCUT2D eigenvalue weighted by atomic mass is 10.1. The maximum Gasteiger partial charge on any atom is 0.119 e. The van der Waals surface area contributed by atoms with Crippen molar-refractivity contribution in [3.8, 4) is 16.9 Å². The Bertz CT molecular complexity index is 495. The fraction of sp³-hybridized carbons (Fsp3) is 0.375. The number of hydrogen-bond acceptors (Lipinski definition) is 4. The Balaban J connectivity index is 1.83. The lowest BCUT2D eigenvalue weighted by molar-refractivity contribution is 0.344. The number of hydrogen-bond donors (Lipinski definition) is 1. The molecule has 0 radical (unpaired) electrons. The number of thioether (sulfide) groups is 1. The molecule has 0 aliphatic rings. The minimum atomic E-state index is 0.552. The highest BCUT2D eigenvalue weighted by Gasteiger charge is 2.04. The molecule has 0 saturated heterocycles. The predicted molar refractivity (Wildman–Crippen MR) is 90.8 cm³/mol. The van der Waals surface area contributed by atoms with Crippen LogP contribution in [0.3, 0.4) is 0 Å². The third kappa shape index (κ3) is 4.54. The molecule has 1 unspecified atom stereocenters. The van der Waals surface area contributed by atoms with E-state index in [2.05, 4.69) is 35.9 Å². The molecule has 1 atom stereocenters. The molecule has 1 aromatic heterocycles. The van der Waals surface area contributed by atoms with Crippen molar-refractivity contribution in [1.29, 1.82) is 0 Å². The second-order valence-electron chi connectivity index (χ2n) is 4.53. The summed E-state index contributed by atoms with van der Waals surface area (Å²) in [6.07, 6.45) is 1.12. The largest absolute Gasteiger partial charge is 0.493 e. The van der Waals surface area contributed by atoms with Crippen LogP contribution in [-0.2, 0) is 0 Å². The fourth-order valence-corrected chi connectivity index (χ4v) is 3.47. The van der Waals surface area contributed by atoms with E-state index in [1.54, 1.807) is 11.3 Å². The van der Waals surface area contributed by atoms with Gasteiger partial charge in [0.25, 0.3) is 0 Å². The number of benzene rings is 1. The summed E-state index contributed by atoms with van der Waals surface area (Å²) in [7, 11) is 0. The van der Waals surface area contributed by atoms with Crippen molar-refractivity contribution >= 4 is 23.1 Å². The molecule has 0 saturated carbocycles. The Hall–Kier alpha value is -0.970. The lowest BCUT2D eigenvalue weighted by Crippen LogP contribution is -2.17. The summed E-state index contributed by atoms with van der Waals surface area (Å²) in [5.74, 6) is 1.92. The average molecular weight is 307 g/mol. The van der Waals surface area contributed by atoms with E-state index >= 15 is 0 Å². The van der Waals surface area contributed by atoms with Crippen LogP contribution < -0.4 is 10.5 Å². The van der Waals surface area contributed by atoms with Crippen LogP contribution in [0.25, 0.3) is 11.1 Å². The van der Waals surface area contributed by atoms with Gasteiger partial charge >= 0.3 is 0 Å². The van der Waals surface area contributed by atoms with Crippen molar-refractivity contribution in [3.63, 3.8) is 0 Å². The molecular weight excluding hydrogens is 286 g/mol. The normalized spacial score (nSPS) is 12.3. The Kier molecular flexibility index (Phi) is 6.43. The molecule has 2 aromatic rings. The van der Waals surface area contributed by atoms with E-state index in [0.717, 1.165) is 31.1 Å². The summed E-state index contributed by atoms with van der Waals surface area (Å²) in [6.45, 7) is 3.65. The summed E-state index contributed by atoms with van der Waals surface area (Å²) in [5.41, 5.74) is 8.16. The quantitative estimate of drug-likeness (QED) is 0.740. The first-order chi connectivity index (χ1) is 9.83. The zero-order valence-electron chi connectivity index (χ0n) is 11.7. The molecule has 1 aromatic carbocycles. The molecule has 0 bridgehead atoms. The summed E-state index contributed by atoms with van der Waals surface area (Å²) in [6, 6.07) is 10.4. The molecule has 2 nitrogen and oxygen atoms in total. The van der Waals surface area contributed by atoms with Crippen LogP contribution in [0.1, 0.15) is 13.3 Å². The lowest BCUT2D eigenvalue weighted by Gasteiger charge is -2.12. The number of ether oxygens (including phenoxy) is 1. The first kappa shape index (κ1) is 15.4. The van der Waals surface area contributed by atoms with Crippen molar-refractivity contribution in [1.82, 2.24) is 0 Å². The highest BCUT2D eigenvalue weighted by molar-refractivity contribution is 7.99. The second-order valence-corrected chi connectivity index (χ2v) is 6.71. The van der Waals surface area contributed by atoms with E-state index in [4.69, 9.17) is 10.5 Å². The van der Waals surface area contributed by atoms with Crippen molar-refractivity contribution in [2.75, 3.05) is 18.9 Å². The van der Waals surface area contributed by atoms with Crippen LogP contribution in [-0.4, -0.2) is 24.2 Å². The van der Waals surface area contributed by atoms with E-state index in [1.165, 1.54) is 11.1 Å². The number of thiophene rings is 1. The second kappa shape index (κ2) is 8.35. The van der Waals surface area contributed by atoms with Gasteiger partial charge in [0.15, 0.2) is 0 Å². The van der Waals surface area contributed by atoms with Gasteiger partial charge in [-0.25, -0.2) is 0 Å². The van der Waals surface area contributed by atoms with E-state index in [-0.39, 0.29) is 0 Å². The molecule has 2 N–H and O–H groups in total. The van der Waals surface area contributed by atoms with Gasteiger partial charge in [0.2, 0.25) is 0 Å². The smallest absolute Gasteiger partial charge is 0.119 e. The van der Waals surface area contributed by atoms with Crippen LogP contribution in [0.2, 0.25) is 0 Å². The van der Waals surface area contributed by atoms with Crippen molar-refractivity contribution < 1.29 is 4.74 Å². The Morgan fingerprint density at radius 3 is 2.90 bits per heavy atom. The molecule has 0 fully saturated rings. The molecular formula is C16H21NOS2. The monoisotopic (exact) mass is 307 g/mol. The van der Waals surface area contributed by atoms with Gasteiger partial charge in [-0.3, -0.25) is 0 Å². The molecule has 4 heteroatoms. The topological polar surface area (TPSA) is 35.2 Å². The zero-order valence-corrected chi connectivity index (χ0v) is 13.4. The van der Waals surface area contributed by atoms with Crippen molar-refractivity contribution in [2.45, 2.75) is 18.6 Å². The molecule has 2 rings (SSSR count). The average Bonchev–Trinajstić information content (AvgIpc) is 3.02. The van der Waals surface area contributed by atoms with E-state index < -0.39 is 0 Å². The van der Waals surface area contributed by atoms with Gasteiger partial charge in [0.05, 0.1) is 6.61 Å². The number of rotatable bonds is 8. The highest BCUT2D eigenvalue weighted by atomic mass is 32.2. The minimum absolute atomic E-state index is 0.552. The minimum Gasteiger partial charge on any atom is -0.493 e. The Morgan fingerprint density at radius 2 is 2.20 bits per heavy atom. The third-order valence-corrected chi connectivity index (χ3v) is 5.20. The van der Waals surface area contributed by atoms with Crippen LogP contribution in [0.5, 0.6) is 5.75 Å². The molecule has 0 spiro atoms. The molecule has 0 aliphatic carbocycles. The summed E-state index contributed by atoms with van der Waals surface area (Å²) >= 11 is 3.61. The van der Waals surface area contributed by atoms with Gasteiger partial charge < -0.3 is 10.5 Å². The highest BCUT2D eigenvalue weighted by Crippen LogP contribution is 2.25. The SMILES string of the molecule is CCC(CN)SCCOc1cccc(-c2ccsc2)c1. The van der Waals surface area contributed by atoms with Gasteiger partial charge in [-0.1, -0.05) is 19.1 Å². The molecule has 20 heavy (non-hydrogen) atoms. The molecule has 108 valence electrons. The first-order valence-corrected chi connectivity index (χ1v) is 8.89. The van der Waals surface area contributed by atoms with Crippen molar-refractivity contribution in [2.24, 2.45) is 5.73 Å². The van der Waals surface area contributed by atoms with E-state index in [1.807, 2.05) is 23.9 Å². The van der Waals surface area contributed by atoms with Crippen LogP contribution in [0.4, 0.5) is 0 Å². The van der Waals surface area contributed by atoms with E-state index in [0.29, 0.717) is 5.25 Å². The van der Waals surface area contributed by atoms with Gasteiger partial charge in [0, 0.05) is 17.5 Å². The first-order valence-electron chi connectivity index (χ1n) is 6.90. The van der Waals surface area contributed by atoms with Gasteiger partial charge in [0.1, 0.15) is 5.75 Å². The molecule has 1 heterocycles. The van der Waals surface area contributed by atoms with Gasteiger partial charge in [-0.2, -0.15) is 23.1 Å². The standard InChI is InChI=1S/C16H21NOS2/c1-2-16(11-17)20-9-7-18-15-5-3-4-13(10-15)14-6-8-19-12-14/h3-6,8,10,12,16H,2,7,9,11,17H2,1H3. The number of nitrogens with two attached hydrogens (primary N) is 1. The zero-order chi connectivity index (χ0) is 14.2. The van der Waals surface area contributed by atoms with Crippen LogP contribution in [0, 0.1) is 0 Å². The summed E-state index contributed by atoms with van der Waals surface area (Å²) in [4.78, 5) is 0. The Morgan fingerprint density at radius 1 is 1.30 bits per heavy atom. The molecule has 0 aliphatic heterocycles. The maximum atomic E-state index is 5.83. The van der Waals surface area contributed by atoms with Crippen molar-refractivity contribution in [3.05, 3.63) is 41.1 Å². The van der Waals surface area contributed by atoms with Crippen LogP contribution >= 0.6 is 23.1 Å². The summed E-state index contributed by atoms with van der Waals surface area (Å²) in [5, 5.41) is 4.80. The van der Waals surface area contributed by atoms with E-state index in [9.17, 15) is 0 Å². The van der Waals surface area contributed by atoms with Gasteiger partial charge in [-0.05, 0) is 46.5 Å². The Labute approximate surface area is 129 Å². The van der Waals surface area contributed by atoms with Gasteiger partial charge in [-0.15, -0.1) is 0 Å². The summed E-state index contributed by atoms with van der Waals surface area (Å²) < 4.78 is 5.83. The maximum absolute atomic E-state index is 5.83. The predicted octanol–water partition coefficient (Wildman–Crippen LogP) is 4.26. The fourth-order valence-electron chi connectivity index (χ4n) is 1.92. The molecule has 0 amide bonds. The van der Waals surface area contributed by atoms with Crippen LogP contribution in [0.15, 0.2) is 41.1 Å². The third-order valence-electron chi connectivity index (χ3n) is 3.11.